The second-order valence-corrected chi connectivity index (χ2v) is 4.30. The Morgan fingerprint density at radius 2 is 2.44 bits per heavy atom. The predicted octanol–water partition coefficient (Wildman–Crippen LogP) is 0.891. The SMILES string of the molecule is CN(C(=O)c1cccnc1)C(CN)C1CC1. The fourth-order valence-corrected chi connectivity index (χ4v) is 1.99. The van der Waals surface area contributed by atoms with Crippen LogP contribution in [0.15, 0.2) is 24.5 Å². The molecule has 1 unspecified atom stereocenters. The fraction of sp³-hybridized carbons (Fsp3) is 0.500. The molecule has 1 heterocycles. The van der Waals surface area contributed by atoms with Gasteiger partial charge in [-0.15, -0.1) is 0 Å². The Morgan fingerprint density at radius 1 is 1.69 bits per heavy atom. The molecule has 16 heavy (non-hydrogen) atoms. The van der Waals surface area contributed by atoms with Crippen molar-refractivity contribution in [3.63, 3.8) is 0 Å². The van der Waals surface area contributed by atoms with Gasteiger partial charge in [-0.2, -0.15) is 0 Å². The summed E-state index contributed by atoms with van der Waals surface area (Å²) in [7, 11) is 1.82. The molecule has 0 radical (unpaired) electrons. The molecule has 1 aliphatic rings. The van der Waals surface area contributed by atoms with Gasteiger partial charge in [-0.1, -0.05) is 0 Å². The number of pyridine rings is 1. The van der Waals surface area contributed by atoms with Crippen molar-refractivity contribution >= 4 is 5.91 Å². The summed E-state index contributed by atoms with van der Waals surface area (Å²) in [5.74, 6) is 0.603. The van der Waals surface area contributed by atoms with Gasteiger partial charge in [0.25, 0.3) is 5.91 Å². The molecule has 2 rings (SSSR count). The Hall–Kier alpha value is -1.42. The maximum Gasteiger partial charge on any atom is 0.255 e. The van der Waals surface area contributed by atoms with E-state index in [1.807, 2.05) is 7.05 Å². The molecule has 4 heteroatoms. The van der Waals surface area contributed by atoms with Crippen LogP contribution in [0.2, 0.25) is 0 Å². The number of nitrogens with zero attached hydrogens (tertiary/aromatic N) is 2. The van der Waals surface area contributed by atoms with Gasteiger partial charge in [0.05, 0.1) is 5.56 Å². The van der Waals surface area contributed by atoms with E-state index in [0.29, 0.717) is 18.0 Å². The number of nitrogens with two attached hydrogens (primary N) is 1. The zero-order valence-corrected chi connectivity index (χ0v) is 9.47. The van der Waals surface area contributed by atoms with E-state index in [4.69, 9.17) is 5.73 Å². The number of rotatable bonds is 4. The Bertz CT molecular complexity index is 362. The summed E-state index contributed by atoms with van der Waals surface area (Å²) in [4.78, 5) is 17.8. The van der Waals surface area contributed by atoms with Gasteiger partial charge in [0.15, 0.2) is 0 Å². The summed E-state index contributed by atoms with van der Waals surface area (Å²) in [5.41, 5.74) is 6.35. The van der Waals surface area contributed by atoms with Gasteiger partial charge in [0.2, 0.25) is 0 Å². The summed E-state index contributed by atoms with van der Waals surface area (Å²) in [6.07, 6.45) is 5.64. The van der Waals surface area contributed by atoms with E-state index < -0.39 is 0 Å². The molecule has 1 amide bonds. The molecule has 1 fully saturated rings. The van der Waals surface area contributed by atoms with Crippen LogP contribution < -0.4 is 5.73 Å². The van der Waals surface area contributed by atoms with Crippen molar-refractivity contribution in [1.29, 1.82) is 0 Å². The van der Waals surface area contributed by atoms with Crippen LogP contribution in [0.1, 0.15) is 23.2 Å². The van der Waals surface area contributed by atoms with Crippen LogP contribution in [0.3, 0.4) is 0 Å². The summed E-state index contributed by atoms with van der Waals surface area (Å²) < 4.78 is 0. The van der Waals surface area contributed by atoms with E-state index in [1.54, 1.807) is 29.4 Å². The normalized spacial score (nSPS) is 16.9. The van der Waals surface area contributed by atoms with Crippen LogP contribution >= 0.6 is 0 Å². The summed E-state index contributed by atoms with van der Waals surface area (Å²) in [6, 6.07) is 3.73. The fourth-order valence-electron chi connectivity index (χ4n) is 1.99. The number of hydrogen-bond donors (Lipinski definition) is 1. The summed E-state index contributed by atoms with van der Waals surface area (Å²) in [6.45, 7) is 0.535. The first kappa shape index (κ1) is 11.1. The number of likely N-dealkylation sites (N-methyl/N-ethyl adjacent to an activating group) is 1. The minimum Gasteiger partial charge on any atom is -0.337 e. The quantitative estimate of drug-likeness (QED) is 0.818. The van der Waals surface area contributed by atoms with Crippen molar-refractivity contribution in [2.24, 2.45) is 11.7 Å². The lowest BCUT2D eigenvalue weighted by atomic mass is 10.1. The Balaban J connectivity index is 2.09. The minimum absolute atomic E-state index is 0.00968. The van der Waals surface area contributed by atoms with Crippen LogP contribution in [0.4, 0.5) is 0 Å². The van der Waals surface area contributed by atoms with Crippen molar-refractivity contribution in [2.45, 2.75) is 18.9 Å². The Labute approximate surface area is 95.5 Å². The molecule has 1 saturated carbocycles. The smallest absolute Gasteiger partial charge is 0.255 e. The van der Waals surface area contributed by atoms with Crippen molar-refractivity contribution in [3.8, 4) is 0 Å². The topological polar surface area (TPSA) is 59.2 Å². The largest absolute Gasteiger partial charge is 0.337 e. The van der Waals surface area contributed by atoms with Gasteiger partial charge >= 0.3 is 0 Å². The number of aromatic nitrogens is 1. The van der Waals surface area contributed by atoms with E-state index in [1.165, 1.54) is 12.8 Å². The summed E-state index contributed by atoms with van der Waals surface area (Å²) in [5, 5.41) is 0. The monoisotopic (exact) mass is 219 g/mol. The first-order valence-corrected chi connectivity index (χ1v) is 5.61. The zero-order valence-electron chi connectivity index (χ0n) is 9.47. The van der Waals surface area contributed by atoms with Crippen LogP contribution in [0.5, 0.6) is 0 Å². The van der Waals surface area contributed by atoms with Crippen LogP contribution in [0.25, 0.3) is 0 Å². The second-order valence-electron chi connectivity index (χ2n) is 4.30. The molecule has 1 aromatic rings. The van der Waals surface area contributed by atoms with Crippen molar-refractivity contribution in [3.05, 3.63) is 30.1 Å². The molecule has 1 aromatic heterocycles. The van der Waals surface area contributed by atoms with Gasteiger partial charge in [0, 0.05) is 32.0 Å². The lowest BCUT2D eigenvalue weighted by Gasteiger charge is -2.27. The average molecular weight is 219 g/mol. The van der Waals surface area contributed by atoms with Crippen molar-refractivity contribution in [1.82, 2.24) is 9.88 Å². The number of hydrogen-bond acceptors (Lipinski definition) is 3. The van der Waals surface area contributed by atoms with Gasteiger partial charge in [-0.3, -0.25) is 9.78 Å². The lowest BCUT2D eigenvalue weighted by Crippen LogP contribution is -2.43. The maximum absolute atomic E-state index is 12.1. The molecule has 1 aliphatic carbocycles. The Morgan fingerprint density at radius 3 is 2.94 bits per heavy atom. The third kappa shape index (κ3) is 2.22. The first-order valence-electron chi connectivity index (χ1n) is 5.61. The van der Waals surface area contributed by atoms with Crippen LogP contribution in [-0.2, 0) is 0 Å². The zero-order chi connectivity index (χ0) is 11.5. The van der Waals surface area contributed by atoms with E-state index in [2.05, 4.69) is 4.98 Å². The Kier molecular flexibility index (Phi) is 3.19. The third-order valence-corrected chi connectivity index (χ3v) is 3.13. The number of carbonyl (C=O) groups is 1. The average Bonchev–Trinajstić information content (AvgIpc) is 3.14. The molecule has 86 valence electrons. The molecule has 4 nitrogen and oxygen atoms in total. The highest BCUT2D eigenvalue weighted by atomic mass is 16.2. The lowest BCUT2D eigenvalue weighted by molar-refractivity contribution is 0.0718. The second kappa shape index (κ2) is 4.61. The maximum atomic E-state index is 12.1. The number of carbonyl (C=O) groups excluding carboxylic acids is 1. The molecule has 2 N–H and O–H groups in total. The highest BCUT2D eigenvalue weighted by Crippen LogP contribution is 2.34. The molecule has 0 aromatic carbocycles. The highest BCUT2D eigenvalue weighted by Gasteiger charge is 2.34. The number of amides is 1. The molecular weight excluding hydrogens is 202 g/mol. The van der Waals surface area contributed by atoms with E-state index >= 15 is 0 Å². The van der Waals surface area contributed by atoms with Crippen LogP contribution in [-0.4, -0.2) is 35.4 Å². The molecule has 0 saturated heterocycles. The first-order chi connectivity index (χ1) is 7.74. The van der Waals surface area contributed by atoms with E-state index in [0.717, 1.165) is 0 Å². The minimum atomic E-state index is 0.00968. The van der Waals surface area contributed by atoms with Crippen LogP contribution in [0, 0.1) is 5.92 Å². The van der Waals surface area contributed by atoms with Gasteiger partial charge in [-0.25, -0.2) is 0 Å². The third-order valence-electron chi connectivity index (χ3n) is 3.13. The van der Waals surface area contributed by atoms with Crippen molar-refractivity contribution < 1.29 is 4.79 Å². The molecular formula is C12H17N3O. The standard InChI is InChI=1S/C12H17N3O/c1-15(11(7-13)9-4-5-9)12(16)10-3-2-6-14-8-10/h2-3,6,8-9,11H,4-5,7,13H2,1H3. The van der Waals surface area contributed by atoms with Crippen molar-refractivity contribution in [2.75, 3.05) is 13.6 Å². The van der Waals surface area contributed by atoms with E-state index in [9.17, 15) is 4.79 Å². The predicted molar refractivity (Wildman–Crippen MR) is 61.9 cm³/mol. The molecule has 0 spiro atoms. The van der Waals surface area contributed by atoms with Gasteiger partial charge < -0.3 is 10.6 Å². The summed E-state index contributed by atoms with van der Waals surface area (Å²) >= 11 is 0. The molecule has 0 aliphatic heterocycles. The molecule has 0 bridgehead atoms. The van der Waals surface area contributed by atoms with E-state index in [-0.39, 0.29) is 11.9 Å². The highest BCUT2D eigenvalue weighted by molar-refractivity contribution is 5.93. The van der Waals surface area contributed by atoms with Gasteiger partial charge in [-0.05, 0) is 30.9 Å². The van der Waals surface area contributed by atoms with Gasteiger partial charge in [0.1, 0.15) is 0 Å². The molecule has 1 atom stereocenters.